The van der Waals surface area contributed by atoms with Gasteiger partial charge in [0.25, 0.3) is 0 Å². The average Bonchev–Trinajstić information content (AvgIpc) is 2.68. The number of esters is 2. The Kier molecular flexibility index (Phi) is 5.49. The van der Waals surface area contributed by atoms with Crippen LogP contribution in [0.25, 0.3) is 10.9 Å². The van der Waals surface area contributed by atoms with Crippen LogP contribution >= 0.6 is 0 Å². The van der Waals surface area contributed by atoms with E-state index in [4.69, 9.17) is 9.47 Å². The number of benzene rings is 2. The van der Waals surface area contributed by atoms with Crippen LogP contribution in [0, 0.1) is 11.6 Å². The number of nitrogens with zero attached hydrogens (tertiary/aromatic N) is 1. The molecule has 0 bridgehead atoms. The maximum absolute atomic E-state index is 14.2. The van der Waals surface area contributed by atoms with Crippen molar-refractivity contribution >= 4 is 34.2 Å². The van der Waals surface area contributed by atoms with Gasteiger partial charge in [0.2, 0.25) is 0 Å². The molecule has 0 amide bonds. The first-order valence-electron chi connectivity index (χ1n) is 8.35. The Labute approximate surface area is 159 Å². The third-order valence-corrected chi connectivity index (χ3v) is 3.98. The summed E-state index contributed by atoms with van der Waals surface area (Å²) < 4.78 is 37.8. The van der Waals surface area contributed by atoms with E-state index in [9.17, 15) is 18.4 Å². The van der Waals surface area contributed by atoms with Crippen molar-refractivity contribution in [3.8, 4) is 0 Å². The fraction of sp³-hybridized carbons (Fsp3) is 0.150. The Morgan fingerprint density at radius 1 is 1.11 bits per heavy atom. The summed E-state index contributed by atoms with van der Waals surface area (Å²) in [5.41, 5.74) is 0.378. The number of rotatable bonds is 5. The van der Waals surface area contributed by atoms with Crippen LogP contribution in [-0.2, 0) is 9.47 Å². The molecule has 0 atom stereocenters. The number of hydrogen-bond donors (Lipinski definition) is 1. The summed E-state index contributed by atoms with van der Waals surface area (Å²) in [4.78, 5) is 28.3. The van der Waals surface area contributed by atoms with Crippen LogP contribution in [0.15, 0.2) is 42.6 Å². The van der Waals surface area contributed by atoms with Crippen molar-refractivity contribution in [1.29, 1.82) is 0 Å². The highest BCUT2D eigenvalue weighted by atomic mass is 19.1. The summed E-state index contributed by atoms with van der Waals surface area (Å²) in [6, 6.07) is 8.13. The lowest BCUT2D eigenvalue weighted by Crippen LogP contribution is -2.11. The maximum Gasteiger partial charge on any atom is 0.341 e. The maximum atomic E-state index is 14.2. The number of nitrogens with one attached hydrogen (secondary N) is 1. The standard InChI is InChI=1S/C20H16F2N2O4/c1-3-28-20(26)14-10-23-18-13(8-11(21)9-15(18)22)17(14)24-16-7-5-4-6-12(16)19(25)27-2/h4-10H,3H2,1-2H3,(H,23,24). The molecule has 28 heavy (non-hydrogen) atoms. The minimum Gasteiger partial charge on any atom is -0.465 e. The summed E-state index contributed by atoms with van der Waals surface area (Å²) in [5, 5.41) is 2.95. The average molecular weight is 386 g/mol. The summed E-state index contributed by atoms with van der Waals surface area (Å²) in [6.45, 7) is 1.73. The number of halogens is 2. The molecule has 144 valence electrons. The second-order valence-corrected chi connectivity index (χ2v) is 5.71. The van der Waals surface area contributed by atoms with Gasteiger partial charge in [0.15, 0.2) is 5.82 Å². The lowest BCUT2D eigenvalue weighted by Gasteiger charge is -2.16. The van der Waals surface area contributed by atoms with E-state index in [0.29, 0.717) is 6.07 Å². The summed E-state index contributed by atoms with van der Waals surface area (Å²) in [5.74, 6) is -3.05. The summed E-state index contributed by atoms with van der Waals surface area (Å²) in [7, 11) is 1.23. The van der Waals surface area contributed by atoms with Crippen LogP contribution in [0.3, 0.4) is 0 Å². The number of para-hydroxylation sites is 1. The van der Waals surface area contributed by atoms with Crippen LogP contribution in [-0.4, -0.2) is 30.6 Å². The molecule has 0 radical (unpaired) electrons. The van der Waals surface area contributed by atoms with Gasteiger partial charge in [-0.15, -0.1) is 0 Å². The molecule has 0 unspecified atom stereocenters. The molecule has 0 aliphatic rings. The number of carbonyl (C=O) groups is 2. The number of methoxy groups -OCH3 is 1. The minimum atomic E-state index is -0.880. The zero-order chi connectivity index (χ0) is 20.3. The van der Waals surface area contributed by atoms with Crippen molar-refractivity contribution in [3.63, 3.8) is 0 Å². The number of fused-ring (bicyclic) bond motifs is 1. The predicted molar refractivity (Wildman–Crippen MR) is 98.7 cm³/mol. The molecule has 0 spiro atoms. The molecule has 3 rings (SSSR count). The van der Waals surface area contributed by atoms with Crippen molar-refractivity contribution in [2.45, 2.75) is 6.92 Å². The lowest BCUT2D eigenvalue weighted by atomic mass is 10.1. The normalized spacial score (nSPS) is 10.6. The van der Waals surface area contributed by atoms with E-state index in [2.05, 4.69) is 10.3 Å². The first-order chi connectivity index (χ1) is 13.5. The monoisotopic (exact) mass is 386 g/mol. The van der Waals surface area contributed by atoms with Gasteiger partial charge in [-0.05, 0) is 25.1 Å². The molecule has 1 N–H and O–H groups in total. The van der Waals surface area contributed by atoms with Crippen LogP contribution in [0.4, 0.5) is 20.2 Å². The van der Waals surface area contributed by atoms with Gasteiger partial charge in [-0.3, -0.25) is 4.98 Å². The van der Waals surface area contributed by atoms with Crippen molar-refractivity contribution in [2.24, 2.45) is 0 Å². The van der Waals surface area contributed by atoms with E-state index < -0.39 is 23.6 Å². The Morgan fingerprint density at radius 3 is 2.57 bits per heavy atom. The van der Waals surface area contributed by atoms with E-state index >= 15 is 0 Å². The highest BCUT2D eigenvalue weighted by Gasteiger charge is 2.21. The lowest BCUT2D eigenvalue weighted by molar-refractivity contribution is 0.0526. The molecule has 2 aromatic carbocycles. The number of anilines is 2. The largest absolute Gasteiger partial charge is 0.465 e. The second-order valence-electron chi connectivity index (χ2n) is 5.71. The van der Waals surface area contributed by atoms with Crippen LogP contribution in [0.5, 0.6) is 0 Å². The molecule has 1 aromatic heterocycles. The number of ether oxygens (including phenoxy) is 2. The minimum absolute atomic E-state index is 0.0287. The van der Waals surface area contributed by atoms with Crippen LogP contribution in [0.1, 0.15) is 27.6 Å². The molecular formula is C20H16F2N2O4. The highest BCUT2D eigenvalue weighted by molar-refractivity contribution is 6.07. The molecular weight excluding hydrogens is 370 g/mol. The van der Waals surface area contributed by atoms with Crippen LogP contribution in [0.2, 0.25) is 0 Å². The van der Waals surface area contributed by atoms with Gasteiger partial charge in [0.05, 0.1) is 30.7 Å². The number of pyridine rings is 1. The molecule has 0 saturated heterocycles. The number of carbonyl (C=O) groups excluding carboxylic acids is 2. The first-order valence-corrected chi connectivity index (χ1v) is 8.35. The van der Waals surface area contributed by atoms with Crippen molar-refractivity contribution < 1.29 is 27.8 Å². The number of aromatic nitrogens is 1. The van der Waals surface area contributed by atoms with Crippen molar-refractivity contribution in [2.75, 3.05) is 19.0 Å². The molecule has 0 saturated carbocycles. The van der Waals surface area contributed by atoms with E-state index in [1.165, 1.54) is 13.2 Å². The fourth-order valence-electron chi connectivity index (χ4n) is 2.74. The van der Waals surface area contributed by atoms with Gasteiger partial charge in [-0.1, -0.05) is 12.1 Å². The van der Waals surface area contributed by atoms with Gasteiger partial charge in [-0.2, -0.15) is 0 Å². The van der Waals surface area contributed by atoms with E-state index in [1.807, 2.05) is 0 Å². The van der Waals surface area contributed by atoms with Gasteiger partial charge in [0.1, 0.15) is 16.9 Å². The van der Waals surface area contributed by atoms with Gasteiger partial charge in [0, 0.05) is 17.6 Å². The van der Waals surface area contributed by atoms with Crippen molar-refractivity contribution in [3.05, 3.63) is 65.4 Å². The quantitative estimate of drug-likeness (QED) is 0.662. The van der Waals surface area contributed by atoms with Gasteiger partial charge in [-0.25, -0.2) is 18.4 Å². The first kappa shape index (κ1) is 19.2. The molecule has 1 heterocycles. The molecule has 0 aliphatic heterocycles. The van der Waals surface area contributed by atoms with E-state index in [0.717, 1.165) is 12.3 Å². The Balaban J connectivity index is 2.25. The third-order valence-electron chi connectivity index (χ3n) is 3.98. The van der Waals surface area contributed by atoms with E-state index in [-0.39, 0.29) is 40.0 Å². The molecule has 3 aromatic rings. The van der Waals surface area contributed by atoms with Gasteiger partial charge >= 0.3 is 11.9 Å². The topological polar surface area (TPSA) is 77.5 Å². The fourth-order valence-corrected chi connectivity index (χ4v) is 2.74. The summed E-state index contributed by atoms with van der Waals surface area (Å²) >= 11 is 0. The van der Waals surface area contributed by atoms with E-state index in [1.54, 1.807) is 25.1 Å². The molecule has 8 heteroatoms. The molecule has 0 fully saturated rings. The Hall–Kier alpha value is -3.55. The highest BCUT2D eigenvalue weighted by Crippen LogP contribution is 2.32. The van der Waals surface area contributed by atoms with Crippen molar-refractivity contribution in [1.82, 2.24) is 4.98 Å². The smallest absolute Gasteiger partial charge is 0.341 e. The summed E-state index contributed by atoms with van der Waals surface area (Å²) in [6.07, 6.45) is 1.14. The molecule has 0 aliphatic carbocycles. The van der Waals surface area contributed by atoms with Crippen LogP contribution < -0.4 is 5.32 Å². The Bertz CT molecular complexity index is 1070. The third kappa shape index (κ3) is 3.62. The zero-order valence-electron chi connectivity index (χ0n) is 15.1. The van der Waals surface area contributed by atoms with Gasteiger partial charge < -0.3 is 14.8 Å². The zero-order valence-corrected chi connectivity index (χ0v) is 15.1. The SMILES string of the molecule is CCOC(=O)c1cnc2c(F)cc(F)cc2c1Nc1ccccc1C(=O)OC. The second kappa shape index (κ2) is 7.99. The molecule has 6 nitrogen and oxygen atoms in total. The number of hydrogen-bond acceptors (Lipinski definition) is 6. The Morgan fingerprint density at radius 2 is 1.86 bits per heavy atom. The predicted octanol–water partition coefficient (Wildman–Crippen LogP) is 4.22.